The van der Waals surface area contributed by atoms with Gasteiger partial charge in [0.15, 0.2) is 23.0 Å². The van der Waals surface area contributed by atoms with Crippen LogP contribution in [0.3, 0.4) is 0 Å². The number of methoxy groups -OCH3 is 3. The first-order valence-corrected chi connectivity index (χ1v) is 6.46. The Labute approximate surface area is 124 Å². The van der Waals surface area contributed by atoms with Crippen LogP contribution in [0.15, 0.2) is 48.7 Å². The van der Waals surface area contributed by atoms with Gasteiger partial charge in [0.2, 0.25) is 0 Å². The highest BCUT2D eigenvalue weighted by molar-refractivity contribution is 5.55. The third-order valence-electron chi connectivity index (χ3n) is 2.93. The van der Waals surface area contributed by atoms with E-state index in [9.17, 15) is 0 Å². The van der Waals surface area contributed by atoms with Gasteiger partial charge in [-0.05, 0) is 35.9 Å². The lowest BCUT2D eigenvalue weighted by Gasteiger charge is -2.08. The van der Waals surface area contributed by atoms with Gasteiger partial charge in [0, 0.05) is 0 Å². The average molecular weight is 286 g/mol. The number of benzene rings is 2. The molecule has 0 aromatic heterocycles. The molecule has 4 nitrogen and oxygen atoms in total. The molecule has 0 aliphatic carbocycles. The Balaban J connectivity index is 2.11. The molecule has 0 radical (unpaired) electrons. The molecule has 0 aliphatic heterocycles. The lowest BCUT2D eigenvalue weighted by molar-refractivity contribution is 0.355. The van der Waals surface area contributed by atoms with E-state index in [1.165, 1.54) is 0 Å². The molecule has 0 saturated carbocycles. The largest absolute Gasteiger partial charge is 0.493 e. The molecule has 21 heavy (non-hydrogen) atoms. The zero-order chi connectivity index (χ0) is 15.1. The Bertz CT molecular complexity index is 620. The molecule has 0 heterocycles. The van der Waals surface area contributed by atoms with E-state index in [0.717, 1.165) is 5.56 Å². The molecular formula is C17H18O4. The molecule has 2 rings (SSSR count). The van der Waals surface area contributed by atoms with Crippen LogP contribution in [0.5, 0.6) is 23.0 Å². The molecule has 0 fully saturated rings. The molecule has 0 amide bonds. The minimum atomic E-state index is 0.664. The second-order valence-electron chi connectivity index (χ2n) is 4.19. The van der Waals surface area contributed by atoms with E-state index in [1.807, 2.05) is 48.5 Å². The van der Waals surface area contributed by atoms with Crippen molar-refractivity contribution in [3.05, 3.63) is 54.3 Å². The second kappa shape index (κ2) is 7.24. The predicted octanol–water partition coefficient (Wildman–Crippen LogP) is 3.76. The van der Waals surface area contributed by atoms with Gasteiger partial charge in [-0.25, -0.2) is 0 Å². The number of para-hydroxylation sites is 2. The number of rotatable bonds is 6. The van der Waals surface area contributed by atoms with Crippen LogP contribution in [0, 0.1) is 0 Å². The van der Waals surface area contributed by atoms with E-state index in [1.54, 1.807) is 27.6 Å². The highest BCUT2D eigenvalue weighted by Crippen LogP contribution is 2.29. The van der Waals surface area contributed by atoms with Gasteiger partial charge in [0.25, 0.3) is 0 Å². The van der Waals surface area contributed by atoms with Gasteiger partial charge < -0.3 is 18.9 Å². The summed E-state index contributed by atoms with van der Waals surface area (Å²) in [6.45, 7) is 0. The first kappa shape index (κ1) is 14.8. The van der Waals surface area contributed by atoms with Crippen molar-refractivity contribution in [2.24, 2.45) is 0 Å². The van der Waals surface area contributed by atoms with Gasteiger partial charge in [0.1, 0.15) is 0 Å². The summed E-state index contributed by atoms with van der Waals surface area (Å²) in [5, 5.41) is 0. The van der Waals surface area contributed by atoms with Crippen molar-refractivity contribution in [3.63, 3.8) is 0 Å². The van der Waals surface area contributed by atoms with Gasteiger partial charge in [-0.15, -0.1) is 0 Å². The van der Waals surface area contributed by atoms with Gasteiger partial charge >= 0.3 is 0 Å². The Morgan fingerprint density at radius 3 is 2.00 bits per heavy atom. The first-order chi connectivity index (χ1) is 10.3. The van der Waals surface area contributed by atoms with Crippen LogP contribution in [0.25, 0.3) is 6.08 Å². The summed E-state index contributed by atoms with van der Waals surface area (Å²) >= 11 is 0. The minimum absolute atomic E-state index is 0.664. The molecular weight excluding hydrogens is 268 g/mol. The molecule has 0 bridgehead atoms. The topological polar surface area (TPSA) is 36.9 Å². The van der Waals surface area contributed by atoms with Crippen molar-refractivity contribution in [1.82, 2.24) is 0 Å². The minimum Gasteiger partial charge on any atom is -0.493 e. The number of hydrogen-bond donors (Lipinski definition) is 0. The van der Waals surface area contributed by atoms with Crippen molar-refractivity contribution < 1.29 is 18.9 Å². The molecule has 2 aromatic carbocycles. The smallest absolute Gasteiger partial charge is 0.168 e. The molecule has 0 spiro atoms. The Morgan fingerprint density at radius 2 is 1.33 bits per heavy atom. The standard InChI is InChI=1S/C17H18O4/c1-18-14-6-4-5-7-16(14)21-11-10-13-8-9-15(19-2)17(12-13)20-3/h4-12H,1-3H3/b11-10-. The number of ether oxygens (including phenoxy) is 4. The number of hydrogen-bond acceptors (Lipinski definition) is 4. The normalized spacial score (nSPS) is 10.4. The van der Waals surface area contributed by atoms with E-state index >= 15 is 0 Å². The molecule has 0 N–H and O–H groups in total. The van der Waals surface area contributed by atoms with Crippen molar-refractivity contribution in [3.8, 4) is 23.0 Å². The van der Waals surface area contributed by atoms with Crippen molar-refractivity contribution in [2.75, 3.05) is 21.3 Å². The van der Waals surface area contributed by atoms with E-state index in [2.05, 4.69) is 0 Å². The fraction of sp³-hybridized carbons (Fsp3) is 0.176. The zero-order valence-corrected chi connectivity index (χ0v) is 12.3. The predicted molar refractivity (Wildman–Crippen MR) is 82.2 cm³/mol. The summed E-state index contributed by atoms with van der Waals surface area (Å²) in [7, 11) is 4.83. The Hall–Kier alpha value is -2.62. The molecule has 4 heteroatoms. The molecule has 110 valence electrons. The second-order valence-corrected chi connectivity index (χ2v) is 4.19. The Morgan fingerprint density at radius 1 is 0.714 bits per heavy atom. The summed E-state index contributed by atoms with van der Waals surface area (Å²) in [6, 6.07) is 13.1. The first-order valence-electron chi connectivity index (χ1n) is 6.46. The molecule has 0 atom stereocenters. The summed E-state index contributed by atoms with van der Waals surface area (Å²) in [5.74, 6) is 2.73. The lowest BCUT2D eigenvalue weighted by Crippen LogP contribution is -1.91. The van der Waals surface area contributed by atoms with Crippen LogP contribution >= 0.6 is 0 Å². The third kappa shape index (κ3) is 3.69. The fourth-order valence-corrected chi connectivity index (χ4v) is 1.86. The lowest BCUT2D eigenvalue weighted by atomic mass is 10.2. The monoisotopic (exact) mass is 286 g/mol. The van der Waals surface area contributed by atoms with Crippen LogP contribution in [0.2, 0.25) is 0 Å². The fourth-order valence-electron chi connectivity index (χ4n) is 1.86. The highest BCUT2D eigenvalue weighted by atomic mass is 16.5. The van der Waals surface area contributed by atoms with E-state index in [-0.39, 0.29) is 0 Å². The molecule has 0 aliphatic rings. The van der Waals surface area contributed by atoms with Gasteiger partial charge in [0.05, 0.1) is 27.6 Å². The van der Waals surface area contributed by atoms with Crippen molar-refractivity contribution in [1.29, 1.82) is 0 Å². The summed E-state index contributed by atoms with van der Waals surface area (Å²) in [5.41, 5.74) is 0.947. The van der Waals surface area contributed by atoms with E-state index in [4.69, 9.17) is 18.9 Å². The van der Waals surface area contributed by atoms with E-state index in [0.29, 0.717) is 23.0 Å². The van der Waals surface area contributed by atoms with Crippen LogP contribution in [-0.2, 0) is 0 Å². The molecule has 0 unspecified atom stereocenters. The average Bonchev–Trinajstić information content (AvgIpc) is 2.55. The maximum absolute atomic E-state index is 5.58. The summed E-state index contributed by atoms with van der Waals surface area (Å²) < 4.78 is 21.3. The SMILES string of the molecule is COc1ccc(/C=C\Oc2ccccc2OC)cc1OC. The van der Waals surface area contributed by atoms with Gasteiger partial charge in [-0.1, -0.05) is 18.2 Å². The van der Waals surface area contributed by atoms with Crippen LogP contribution < -0.4 is 18.9 Å². The quantitative estimate of drug-likeness (QED) is 0.758. The van der Waals surface area contributed by atoms with Crippen LogP contribution in [-0.4, -0.2) is 21.3 Å². The zero-order valence-electron chi connectivity index (χ0n) is 12.3. The molecule has 0 saturated heterocycles. The van der Waals surface area contributed by atoms with Crippen molar-refractivity contribution >= 4 is 6.08 Å². The summed E-state index contributed by atoms with van der Waals surface area (Å²) in [6.07, 6.45) is 3.45. The van der Waals surface area contributed by atoms with Crippen molar-refractivity contribution in [2.45, 2.75) is 0 Å². The molecule has 2 aromatic rings. The summed E-state index contributed by atoms with van der Waals surface area (Å²) in [4.78, 5) is 0. The Kier molecular flexibility index (Phi) is 5.10. The van der Waals surface area contributed by atoms with E-state index < -0.39 is 0 Å². The van der Waals surface area contributed by atoms with Crippen LogP contribution in [0.1, 0.15) is 5.56 Å². The van der Waals surface area contributed by atoms with Gasteiger partial charge in [-0.3, -0.25) is 0 Å². The highest BCUT2D eigenvalue weighted by Gasteiger charge is 2.03. The van der Waals surface area contributed by atoms with Gasteiger partial charge in [-0.2, -0.15) is 0 Å². The third-order valence-corrected chi connectivity index (χ3v) is 2.93. The maximum atomic E-state index is 5.58. The maximum Gasteiger partial charge on any atom is 0.168 e. The van der Waals surface area contributed by atoms with Crippen LogP contribution in [0.4, 0.5) is 0 Å².